The molecule has 9 heteroatoms. The fourth-order valence-electron chi connectivity index (χ4n) is 2.03. The molecule has 0 saturated heterocycles. The summed E-state index contributed by atoms with van der Waals surface area (Å²) >= 11 is 0. The molecular formula is C13H12F3N3O3. The quantitative estimate of drug-likeness (QED) is 0.679. The molecule has 2 aromatic rings. The highest BCUT2D eigenvalue weighted by Crippen LogP contribution is 2.29. The van der Waals surface area contributed by atoms with Crippen molar-refractivity contribution in [1.29, 1.82) is 0 Å². The number of aliphatic hydroxyl groups is 1. The molecule has 0 aliphatic carbocycles. The van der Waals surface area contributed by atoms with Crippen molar-refractivity contribution in [3.05, 3.63) is 46.8 Å². The Hall–Kier alpha value is -2.42. The van der Waals surface area contributed by atoms with Crippen molar-refractivity contribution in [3.63, 3.8) is 0 Å². The number of rotatable bonds is 5. The molecule has 6 nitrogen and oxygen atoms in total. The first kappa shape index (κ1) is 16.0. The summed E-state index contributed by atoms with van der Waals surface area (Å²) in [5.74, 6) is 0. The van der Waals surface area contributed by atoms with E-state index < -0.39 is 23.6 Å². The fourth-order valence-corrected chi connectivity index (χ4v) is 2.03. The van der Waals surface area contributed by atoms with Crippen molar-refractivity contribution >= 4 is 5.69 Å². The predicted molar refractivity (Wildman–Crippen MR) is 71.0 cm³/mol. The van der Waals surface area contributed by atoms with Gasteiger partial charge in [-0.2, -0.15) is 18.3 Å². The van der Waals surface area contributed by atoms with Gasteiger partial charge in [-0.3, -0.25) is 14.8 Å². The molecule has 0 bridgehead atoms. The Morgan fingerprint density at radius 1 is 1.36 bits per heavy atom. The number of para-hydroxylation sites is 1. The predicted octanol–water partition coefficient (Wildman–Crippen LogP) is 2.77. The molecule has 22 heavy (non-hydrogen) atoms. The molecule has 1 aromatic carbocycles. The number of benzene rings is 1. The average Bonchev–Trinajstić information content (AvgIpc) is 2.84. The molecule has 0 aliphatic heterocycles. The molecule has 118 valence electrons. The molecule has 0 amide bonds. The molecule has 1 N–H and O–H groups in total. The summed E-state index contributed by atoms with van der Waals surface area (Å²) in [5, 5.41) is 24.2. The molecule has 0 unspecified atom stereocenters. The Morgan fingerprint density at radius 3 is 2.68 bits per heavy atom. The Bertz CT molecular complexity index is 670. The second-order valence-electron chi connectivity index (χ2n) is 4.70. The van der Waals surface area contributed by atoms with Crippen molar-refractivity contribution in [2.75, 3.05) is 0 Å². The number of hydrogen-bond acceptors (Lipinski definition) is 4. The van der Waals surface area contributed by atoms with E-state index in [9.17, 15) is 28.4 Å². The number of aromatic nitrogens is 2. The van der Waals surface area contributed by atoms with Crippen molar-refractivity contribution in [2.45, 2.75) is 25.2 Å². The first-order valence-corrected chi connectivity index (χ1v) is 6.27. The van der Waals surface area contributed by atoms with Crippen LogP contribution < -0.4 is 0 Å². The SMILES string of the molecule is O=[N+]([O-])c1ccccc1-c1cnn(C[C@@H](O)CC(F)(F)F)c1. The van der Waals surface area contributed by atoms with Crippen LogP contribution in [-0.2, 0) is 6.54 Å². The molecule has 0 radical (unpaired) electrons. The molecule has 1 atom stereocenters. The van der Waals surface area contributed by atoms with E-state index in [0.717, 1.165) is 4.68 Å². The second-order valence-corrected chi connectivity index (χ2v) is 4.70. The zero-order chi connectivity index (χ0) is 16.3. The lowest BCUT2D eigenvalue weighted by Crippen LogP contribution is -2.24. The summed E-state index contributed by atoms with van der Waals surface area (Å²) in [6, 6.07) is 5.97. The van der Waals surface area contributed by atoms with Crippen molar-refractivity contribution in [2.24, 2.45) is 0 Å². The highest BCUT2D eigenvalue weighted by Gasteiger charge is 2.31. The minimum absolute atomic E-state index is 0.127. The minimum atomic E-state index is -4.46. The number of alkyl halides is 3. The number of halogens is 3. The van der Waals surface area contributed by atoms with Crippen LogP contribution in [0.5, 0.6) is 0 Å². The maximum absolute atomic E-state index is 12.2. The monoisotopic (exact) mass is 315 g/mol. The summed E-state index contributed by atoms with van der Waals surface area (Å²) < 4.78 is 37.6. The summed E-state index contributed by atoms with van der Waals surface area (Å²) in [5.41, 5.74) is 0.577. The van der Waals surface area contributed by atoms with Gasteiger partial charge in [-0.05, 0) is 6.07 Å². The number of hydrogen-bond donors (Lipinski definition) is 1. The lowest BCUT2D eigenvalue weighted by Gasteiger charge is -2.12. The zero-order valence-electron chi connectivity index (χ0n) is 11.2. The summed E-state index contributed by atoms with van der Waals surface area (Å²) in [4.78, 5) is 10.4. The highest BCUT2D eigenvalue weighted by molar-refractivity contribution is 5.72. The molecule has 0 fully saturated rings. The van der Waals surface area contributed by atoms with Crippen LogP contribution in [0.15, 0.2) is 36.7 Å². The van der Waals surface area contributed by atoms with Crippen LogP contribution in [-0.4, -0.2) is 32.1 Å². The van der Waals surface area contributed by atoms with Gasteiger partial charge in [0.05, 0.1) is 35.8 Å². The first-order chi connectivity index (χ1) is 10.3. The second kappa shape index (κ2) is 6.14. The molecule has 0 spiro atoms. The number of aliphatic hydroxyl groups excluding tert-OH is 1. The summed E-state index contributed by atoms with van der Waals surface area (Å²) in [6.07, 6.45) is -4.76. The van der Waals surface area contributed by atoms with Gasteiger partial charge in [0.2, 0.25) is 0 Å². The van der Waals surface area contributed by atoms with E-state index in [0.29, 0.717) is 11.1 Å². The number of nitrogens with zero attached hydrogens (tertiary/aromatic N) is 3. The fraction of sp³-hybridized carbons (Fsp3) is 0.308. The van der Waals surface area contributed by atoms with E-state index in [-0.39, 0.29) is 12.2 Å². The third kappa shape index (κ3) is 4.04. The third-order valence-corrected chi connectivity index (χ3v) is 2.91. The Balaban J connectivity index is 2.17. The van der Waals surface area contributed by atoms with E-state index in [1.165, 1.54) is 30.6 Å². The van der Waals surface area contributed by atoms with Gasteiger partial charge >= 0.3 is 6.18 Å². The smallest absolute Gasteiger partial charge is 0.391 e. The molecular weight excluding hydrogens is 303 g/mol. The van der Waals surface area contributed by atoms with Crippen LogP contribution >= 0.6 is 0 Å². The Kier molecular flexibility index (Phi) is 4.45. The van der Waals surface area contributed by atoms with Gasteiger partial charge in [0.25, 0.3) is 5.69 Å². The van der Waals surface area contributed by atoms with Gasteiger partial charge < -0.3 is 5.11 Å². The van der Waals surface area contributed by atoms with Crippen LogP contribution in [0.1, 0.15) is 6.42 Å². The van der Waals surface area contributed by atoms with E-state index in [4.69, 9.17) is 0 Å². The lowest BCUT2D eigenvalue weighted by atomic mass is 10.1. The summed E-state index contributed by atoms with van der Waals surface area (Å²) in [6.45, 7) is -0.347. The topological polar surface area (TPSA) is 81.2 Å². The van der Waals surface area contributed by atoms with E-state index in [1.807, 2.05) is 0 Å². The van der Waals surface area contributed by atoms with E-state index in [2.05, 4.69) is 5.10 Å². The van der Waals surface area contributed by atoms with Crippen LogP contribution in [0.4, 0.5) is 18.9 Å². The standard InChI is InChI=1S/C13H12F3N3O3/c14-13(15,16)5-10(20)8-18-7-9(6-17-18)11-3-1-2-4-12(11)19(21)22/h1-4,6-7,10,20H,5,8H2/t10-/m0/s1. The van der Waals surface area contributed by atoms with E-state index >= 15 is 0 Å². The highest BCUT2D eigenvalue weighted by atomic mass is 19.4. The average molecular weight is 315 g/mol. The lowest BCUT2D eigenvalue weighted by molar-refractivity contribution is -0.384. The van der Waals surface area contributed by atoms with Crippen LogP contribution in [0, 0.1) is 10.1 Å². The number of nitro groups is 1. The van der Waals surface area contributed by atoms with Crippen LogP contribution in [0.2, 0.25) is 0 Å². The molecule has 1 aromatic heterocycles. The maximum Gasteiger partial charge on any atom is 0.391 e. The normalized spacial score (nSPS) is 13.1. The van der Waals surface area contributed by atoms with Crippen molar-refractivity contribution in [3.8, 4) is 11.1 Å². The molecule has 2 rings (SSSR count). The van der Waals surface area contributed by atoms with Gasteiger partial charge in [0, 0.05) is 17.8 Å². The molecule has 0 saturated carbocycles. The number of nitro benzene ring substituents is 1. The molecule has 0 aliphatic rings. The van der Waals surface area contributed by atoms with Crippen molar-refractivity contribution in [1.82, 2.24) is 9.78 Å². The minimum Gasteiger partial charge on any atom is -0.391 e. The third-order valence-electron chi connectivity index (χ3n) is 2.91. The Morgan fingerprint density at radius 2 is 2.05 bits per heavy atom. The summed E-state index contributed by atoms with van der Waals surface area (Å²) in [7, 11) is 0. The van der Waals surface area contributed by atoms with Gasteiger partial charge in [-0.25, -0.2) is 0 Å². The van der Waals surface area contributed by atoms with Gasteiger partial charge in [-0.1, -0.05) is 12.1 Å². The van der Waals surface area contributed by atoms with Gasteiger partial charge in [0.15, 0.2) is 0 Å². The largest absolute Gasteiger partial charge is 0.391 e. The van der Waals surface area contributed by atoms with Crippen molar-refractivity contribution < 1.29 is 23.2 Å². The van der Waals surface area contributed by atoms with E-state index in [1.54, 1.807) is 6.07 Å². The van der Waals surface area contributed by atoms with Crippen LogP contribution in [0.3, 0.4) is 0 Å². The van der Waals surface area contributed by atoms with Gasteiger partial charge in [0.1, 0.15) is 0 Å². The first-order valence-electron chi connectivity index (χ1n) is 6.27. The zero-order valence-corrected chi connectivity index (χ0v) is 11.2. The molecule has 1 heterocycles. The van der Waals surface area contributed by atoms with Gasteiger partial charge in [-0.15, -0.1) is 0 Å². The maximum atomic E-state index is 12.2. The Labute approximate surface area is 122 Å². The van der Waals surface area contributed by atoms with Crippen LogP contribution in [0.25, 0.3) is 11.1 Å².